The van der Waals surface area contributed by atoms with Crippen LogP contribution in [0.15, 0.2) is 18.2 Å². The molecular weight excluding hydrogens is 238 g/mol. The molecule has 3 nitrogen and oxygen atoms in total. The second-order valence-electron chi connectivity index (χ2n) is 5.64. The van der Waals surface area contributed by atoms with E-state index in [2.05, 4.69) is 11.4 Å². The fourth-order valence-corrected chi connectivity index (χ4v) is 3.56. The number of hydrogen-bond donors (Lipinski definition) is 1. The van der Waals surface area contributed by atoms with E-state index in [0.717, 1.165) is 17.9 Å². The molecule has 1 unspecified atom stereocenters. The molecule has 0 radical (unpaired) electrons. The molecule has 19 heavy (non-hydrogen) atoms. The molecule has 0 saturated heterocycles. The fourth-order valence-electron chi connectivity index (χ4n) is 3.56. The van der Waals surface area contributed by atoms with Crippen LogP contribution in [0.2, 0.25) is 0 Å². The van der Waals surface area contributed by atoms with Crippen molar-refractivity contribution >= 4 is 0 Å². The second kappa shape index (κ2) is 5.04. The molecule has 0 aromatic heterocycles. The Kier molecular flexibility index (Phi) is 3.40. The Bertz CT molecular complexity index is 452. The van der Waals surface area contributed by atoms with Crippen molar-refractivity contribution in [2.75, 3.05) is 13.7 Å². The van der Waals surface area contributed by atoms with Crippen LogP contribution < -0.4 is 14.8 Å². The van der Waals surface area contributed by atoms with E-state index in [0.29, 0.717) is 12.6 Å². The number of benzene rings is 1. The van der Waals surface area contributed by atoms with Crippen LogP contribution in [0, 0.1) is 0 Å². The molecule has 1 heterocycles. The van der Waals surface area contributed by atoms with Gasteiger partial charge in [0.2, 0.25) is 0 Å². The lowest BCUT2D eigenvalue weighted by molar-refractivity contribution is 0.0368. The minimum absolute atomic E-state index is 0.0610. The highest BCUT2D eigenvalue weighted by Gasteiger charge is 2.43. The summed E-state index contributed by atoms with van der Waals surface area (Å²) in [5.41, 5.74) is 1.26. The molecule has 3 rings (SSSR count). The molecular formula is C16H23NO2. The smallest absolute Gasteiger partial charge is 0.128 e. The quantitative estimate of drug-likeness (QED) is 0.904. The van der Waals surface area contributed by atoms with Crippen LogP contribution in [0.4, 0.5) is 0 Å². The van der Waals surface area contributed by atoms with Crippen molar-refractivity contribution in [3.8, 4) is 11.5 Å². The average molecular weight is 261 g/mol. The number of fused-ring (bicyclic) bond motifs is 1. The van der Waals surface area contributed by atoms with Crippen molar-refractivity contribution in [1.82, 2.24) is 5.32 Å². The lowest BCUT2D eigenvalue weighted by atomic mass is 9.85. The highest BCUT2D eigenvalue weighted by Crippen LogP contribution is 2.49. The molecule has 3 heteroatoms. The summed E-state index contributed by atoms with van der Waals surface area (Å²) >= 11 is 0. The fraction of sp³-hybridized carbons (Fsp3) is 0.625. The maximum absolute atomic E-state index is 6.38. The molecule has 1 aliphatic heterocycles. The van der Waals surface area contributed by atoms with Crippen molar-refractivity contribution in [2.45, 2.75) is 50.7 Å². The summed E-state index contributed by atoms with van der Waals surface area (Å²) in [5, 5.41) is 3.45. The Hall–Kier alpha value is -1.22. The first-order chi connectivity index (χ1) is 9.28. The zero-order valence-electron chi connectivity index (χ0n) is 11.9. The van der Waals surface area contributed by atoms with Gasteiger partial charge in [-0.15, -0.1) is 0 Å². The minimum atomic E-state index is 0.0610. The molecule has 1 aliphatic carbocycles. The van der Waals surface area contributed by atoms with Crippen LogP contribution in [0.25, 0.3) is 0 Å². The Morgan fingerprint density at radius 3 is 2.84 bits per heavy atom. The SMILES string of the molecule is CCOc1cccc2c1C(NC)CC1(CCCC1)O2. The third-order valence-electron chi connectivity index (χ3n) is 4.44. The molecule has 1 N–H and O–H groups in total. The maximum Gasteiger partial charge on any atom is 0.128 e. The van der Waals surface area contributed by atoms with Gasteiger partial charge in [-0.3, -0.25) is 0 Å². The van der Waals surface area contributed by atoms with Gasteiger partial charge in [-0.25, -0.2) is 0 Å². The standard InChI is InChI=1S/C16H23NO2/c1-3-18-13-7-6-8-14-15(13)12(17-2)11-16(19-14)9-4-5-10-16/h6-8,12,17H,3-5,9-11H2,1-2H3. The van der Waals surface area contributed by atoms with E-state index in [4.69, 9.17) is 9.47 Å². The summed E-state index contributed by atoms with van der Waals surface area (Å²) in [4.78, 5) is 0. The first-order valence-corrected chi connectivity index (χ1v) is 7.40. The van der Waals surface area contributed by atoms with E-state index in [-0.39, 0.29) is 5.60 Å². The molecule has 1 aromatic carbocycles. The van der Waals surface area contributed by atoms with Crippen LogP contribution in [0.1, 0.15) is 50.6 Å². The molecule has 1 fully saturated rings. The van der Waals surface area contributed by atoms with Crippen molar-refractivity contribution in [1.29, 1.82) is 0 Å². The molecule has 0 bridgehead atoms. The van der Waals surface area contributed by atoms with Gasteiger partial charge in [0.15, 0.2) is 0 Å². The predicted octanol–water partition coefficient (Wildman–Crippen LogP) is 3.44. The van der Waals surface area contributed by atoms with E-state index < -0.39 is 0 Å². The highest BCUT2D eigenvalue weighted by atomic mass is 16.5. The van der Waals surface area contributed by atoms with Gasteiger partial charge in [-0.2, -0.15) is 0 Å². The van der Waals surface area contributed by atoms with Gasteiger partial charge in [-0.1, -0.05) is 6.07 Å². The van der Waals surface area contributed by atoms with Crippen molar-refractivity contribution in [3.05, 3.63) is 23.8 Å². The van der Waals surface area contributed by atoms with Gasteiger partial charge in [0.25, 0.3) is 0 Å². The van der Waals surface area contributed by atoms with Gasteiger partial charge < -0.3 is 14.8 Å². The second-order valence-corrected chi connectivity index (χ2v) is 5.64. The van der Waals surface area contributed by atoms with Crippen LogP contribution >= 0.6 is 0 Å². The lowest BCUT2D eigenvalue weighted by Gasteiger charge is -2.40. The van der Waals surface area contributed by atoms with Gasteiger partial charge >= 0.3 is 0 Å². The molecule has 2 aliphatic rings. The van der Waals surface area contributed by atoms with E-state index in [1.807, 2.05) is 26.1 Å². The molecule has 1 aromatic rings. The molecule has 1 atom stereocenters. The summed E-state index contributed by atoms with van der Waals surface area (Å²) in [6, 6.07) is 6.50. The largest absolute Gasteiger partial charge is 0.493 e. The minimum Gasteiger partial charge on any atom is -0.493 e. The molecule has 0 amide bonds. The Morgan fingerprint density at radius 1 is 1.37 bits per heavy atom. The van der Waals surface area contributed by atoms with Gasteiger partial charge in [-0.05, 0) is 51.8 Å². The molecule has 1 saturated carbocycles. The average Bonchev–Trinajstić information content (AvgIpc) is 2.86. The molecule has 1 spiro atoms. The number of ether oxygens (including phenoxy) is 2. The first kappa shape index (κ1) is 12.8. The predicted molar refractivity (Wildman–Crippen MR) is 75.9 cm³/mol. The number of hydrogen-bond acceptors (Lipinski definition) is 3. The summed E-state index contributed by atoms with van der Waals surface area (Å²) in [5.74, 6) is 1.98. The normalized spacial score (nSPS) is 24.0. The third kappa shape index (κ3) is 2.20. The summed E-state index contributed by atoms with van der Waals surface area (Å²) in [7, 11) is 2.03. The van der Waals surface area contributed by atoms with Crippen LogP contribution in [0.5, 0.6) is 11.5 Å². The summed E-state index contributed by atoms with van der Waals surface area (Å²) < 4.78 is 12.1. The van der Waals surface area contributed by atoms with E-state index >= 15 is 0 Å². The Balaban J connectivity index is 2.00. The maximum atomic E-state index is 6.38. The lowest BCUT2D eigenvalue weighted by Crippen LogP contribution is -2.41. The van der Waals surface area contributed by atoms with Crippen LogP contribution in [0.3, 0.4) is 0 Å². The number of nitrogens with one attached hydrogen (secondary N) is 1. The monoisotopic (exact) mass is 261 g/mol. The van der Waals surface area contributed by atoms with E-state index in [1.54, 1.807) is 0 Å². The number of rotatable bonds is 3. The third-order valence-corrected chi connectivity index (χ3v) is 4.44. The van der Waals surface area contributed by atoms with Gasteiger partial charge in [0.1, 0.15) is 17.1 Å². The Morgan fingerprint density at radius 2 is 2.16 bits per heavy atom. The van der Waals surface area contributed by atoms with Crippen molar-refractivity contribution < 1.29 is 9.47 Å². The summed E-state index contributed by atoms with van der Waals surface area (Å²) in [6.45, 7) is 2.72. The zero-order chi connectivity index (χ0) is 13.3. The van der Waals surface area contributed by atoms with E-state index in [1.165, 1.54) is 31.2 Å². The topological polar surface area (TPSA) is 30.5 Å². The van der Waals surface area contributed by atoms with Crippen LogP contribution in [-0.4, -0.2) is 19.3 Å². The van der Waals surface area contributed by atoms with E-state index in [9.17, 15) is 0 Å². The highest BCUT2D eigenvalue weighted by molar-refractivity contribution is 5.49. The Labute approximate surface area is 115 Å². The first-order valence-electron chi connectivity index (χ1n) is 7.40. The molecule has 104 valence electrons. The van der Waals surface area contributed by atoms with Gasteiger partial charge in [0, 0.05) is 12.5 Å². The van der Waals surface area contributed by atoms with Crippen LogP contribution in [-0.2, 0) is 0 Å². The summed E-state index contributed by atoms with van der Waals surface area (Å²) in [6.07, 6.45) is 6.00. The van der Waals surface area contributed by atoms with Crippen molar-refractivity contribution in [3.63, 3.8) is 0 Å². The van der Waals surface area contributed by atoms with Crippen molar-refractivity contribution in [2.24, 2.45) is 0 Å². The van der Waals surface area contributed by atoms with Gasteiger partial charge in [0.05, 0.1) is 12.2 Å². The zero-order valence-corrected chi connectivity index (χ0v) is 11.9.